The van der Waals surface area contributed by atoms with Crippen LogP contribution in [0.3, 0.4) is 0 Å². The Morgan fingerprint density at radius 3 is 0.767 bits per heavy atom. The first-order valence-electron chi connectivity index (χ1n) is 20.5. The molecule has 9 aromatic carbocycles. The maximum atomic E-state index is 5.28. The molecule has 10 rings (SSSR count). The number of rotatable bonds is 9. The summed E-state index contributed by atoms with van der Waals surface area (Å²) < 4.78 is 0. The largest absolute Gasteiger partial charge is 0.248 e. The zero-order chi connectivity index (χ0) is 40.1. The van der Waals surface area contributed by atoms with E-state index in [1.54, 1.807) is 0 Å². The van der Waals surface area contributed by atoms with Gasteiger partial charge in [0.05, 0.1) is 11.4 Å². The predicted molar refractivity (Wildman–Crippen MR) is 253 cm³/mol. The maximum Gasteiger partial charge on any atom is 0.0715 e. The highest BCUT2D eigenvalue weighted by Gasteiger charge is 2.12. The van der Waals surface area contributed by atoms with Crippen molar-refractivity contribution < 1.29 is 0 Å². The SMILES string of the molecule is c1ccc(-c2ccc(-c3cccc(-c4cccc(-c5cc(-c6ccccc6)nc(-c6cccc(-c7cccc(-c8ccc(-c9ccccc9)cc8)c7)c6)c5)c4)c3)cc2)cc1. The smallest absolute Gasteiger partial charge is 0.0715 e. The summed E-state index contributed by atoms with van der Waals surface area (Å²) in [4.78, 5) is 5.28. The van der Waals surface area contributed by atoms with E-state index >= 15 is 0 Å². The molecule has 1 heterocycles. The van der Waals surface area contributed by atoms with Gasteiger partial charge < -0.3 is 0 Å². The molecule has 0 radical (unpaired) electrons. The fraction of sp³-hybridized carbons (Fsp3) is 0. The molecule has 0 saturated carbocycles. The fourth-order valence-electron chi connectivity index (χ4n) is 8.07. The van der Waals surface area contributed by atoms with Crippen molar-refractivity contribution >= 4 is 0 Å². The third-order valence-corrected chi connectivity index (χ3v) is 11.3. The van der Waals surface area contributed by atoms with Crippen molar-refractivity contribution in [3.05, 3.63) is 249 Å². The maximum absolute atomic E-state index is 5.28. The molecule has 60 heavy (non-hydrogen) atoms. The second-order valence-electron chi connectivity index (χ2n) is 15.2. The van der Waals surface area contributed by atoms with E-state index in [2.05, 4.69) is 249 Å². The van der Waals surface area contributed by atoms with E-state index in [-0.39, 0.29) is 0 Å². The Morgan fingerprint density at radius 1 is 0.150 bits per heavy atom. The highest BCUT2D eigenvalue weighted by molar-refractivity contribution is 5.83. The van der Waals surface area contributed by atoms with Gasteiger partial charge in [-0.1, -0.05) is 212 Å². The molecule has 0 fully saturated rings. The highest BCUT2D eigenvalue weighted by atomic mass is 14.7. The Kier molecular flexibility index (Phi) is 10.1. The molecule has 0 N–H and O–H groups in total. The van der Waals surface area contributed by atoms with Crippen molar-refractivity contribution in [2.45, 2.75) is 0 Å². The average molecular weight is 764 g/mol. The van der Waals surface area contributed by atoms with Gasteiger partial charge in [0.15, 0.2) is 0 Å². The van der Waals surface area contributed by atoms with E-state index in [4.69, 9.17) is 4.98 Å². The van der Waals surface area contributed by atoms with Gasteiger partial charge >= 0.3 is 0 Å². The summed E-state index contributed by atoms with van der Waals surface area (Å²) in [6.45, 7) is 0. The zero-order valence-electron chi connectivity index (χ0n) is 33.1. The molecule has 1 aromatic heterocycles. The number of benzene rings is 9. The van der Waals surface area contributed by atoms with Gasteiger partial charge in [0.25, 0.3) is 0 Å². The molecule has 0 aliphatic carbocycles. The van der Waals surface area contributed by atoms with Crippen molar-refractivity contribution in [1.29, 1.82) is 0 Å². The van der Waals surface area contributed by atoms with Crippen molar-refractivity contribution in [3.8, 4) is 100 Å². The minimum atomic E-state index is 0.937. The second kappa shape index (κ2) is 16.5. The van der Waals surface area contributed by atoms with Gasteiger partial charge in [-0.3, -0.25) is 0 Å². The molecule has 1 nitrogen and oxygen atoms in total. The number of hydrogen-bond acceptors (Lipinski definition) is 1. The summed E-state index contributed by atoms with van der Waals surface area (Å²) in [5.74, 6) is 0. The Hall–Kier alpha value is -7.87. The minimum Gasteiger partial charge on any atom is -0.248 e. The van der Waals surface area contributed by atoms with Crippen LogP contribution in [-0.2, 0) is 0 Å². The first-order chi connectivity index (χ1) is 29.7. The molecular weight excluding hydrogens is 723 g/mol. The molecule has 10 aromatic rings. The van der Waals surface area contributed by atoms with Gasteiger partial charge in [0.1, 0.15) is 0 Å². The van der Waals surface area contributed by atoms with Gasteiger partial charge in [0.2, 0.25) is 0 Å². The van der Waals surface area contributed by atoms with Gasteiger partial charge in [-0.15, -0.1) is 0 Å². The van der Waals surface area contributed by atoms with Crippen LogP contribution < -0.4 is 0 Å². The van der Waals surface area contributed by atoms with Crippen molar-refractivity contribution in [2.75, 3.05) is 0 Å². The number of pyridine rings is 1. The van der Waals surface area contributed by atoms with Gasteiger partial charge in [0, 0.05) is 11.1 Å². The zero-order valence-corrected chi connectivity index (χ0v) is 33.1. The van der Waals surface area contributed by atoms with Crippen LogP contribution in [0.15, 0.2) is 249 Å². The van der Waals surface area contributed by atoms with Crippen LogP contribution >= 0.6 is 0 Å². The number of hydrogen-bond donors (Lipinski definition) is 0. The van der Waals surface area contributed by atoms with Crippen LogP contribution in [0.2, 0.25) is 0 Å². The Bertz CT molecular complexity index is 2850. The summed E-state index contributed by atoms with van der Waals surface area (Å²) in [5, 5.41) is 0. The van der Waals surface area contributed by atoms with E-state index in [1.165, 1.54) is 61.2 Å². The molecule has 0 aliphatic heterocycles. The van der Waals surface area contributed by atoms with E-state index in [9.17, 15) is 0 Å². The number of nitrogens with zero attached hydrogens (tertiary/aromatic N) is 1. The van der Waals surface area contributed by atoms with Crippen molar-refractivity contribution in [2.24, 2.45) is 0 Å². The lowest BCUT2D eigenvalue weighted by Gasteiger charge is -2.13. The number of aromatic nitrogens is 1. The van der Waals surface area contributed by atoms with Crippen LogP contribution in [0.25, 0.3) is 100 Å². The van der Waals surface area contributed by atoms with E-state index in [1.807, 2.05) is 0 Å². The summed E-state index contributed by atoms with van der Waals surface area (Å²) in [6, 6.07) is 89.1. The third kappa shape index (κ3) is 7.85. The van der Waals surface area contributed by atoms with Crippen LogP contribution in [0.5, 0.6) is 0 Å². The molecule has 282 valence electrons. The molecule has 0 saturated heterocycles. The summed E-state index contributed by atoms with van der Waals surface area (Å²) >= 11 is 0. The third-order valence-electron chi connectivity index (χ3n) is 11.3. The van der Waals surface area contributed by atoms with Crippen molar-refractivity contribution in [1.82, 2.24) is 4.98 Å². The lowest BCUT2D eigenvalue weighted by Crippen LogP contribution is -1.92. The molecule has 0 spiro atoms. The predicted octanol–water partition coefficient (Wildman–Crippen LogP) is 16.1. The van der Waals surface area contributed by atoms with Gasteiger partial charge in [-0.05, 0) is 114 Å². The van der Waals surface area contributed by atoms with Gasteiger partial charge in [-0.25, -0.2) is 4.98 Å². The summed E-state index contributed by atoms with van der Waals surface area (Å²) in [5.41, 5.74) is 20.7. The first kappa shape index (κ1) is 36.5. The fourth-order valence-corrected chi connectivity index (χ4v) is 8.07. The minimum absolute atomic E-state index is 0.937. The van der Waals surface area contributed by atoms with Crippen LogP contribution in [-0.4, -0.2) is 4.98 Å². The van der Waals surface area contributed by atoms with Crippen LogP contribution in [0, 0.1) is 0 Å². The van der Waals surface area contributed by atoms with E-state index in [0.29, 0.717) is 0 Å². The topological polar surface area (TPSA) is 12.9 Å². The monoisotopic (exact) mass is 763 g/mol. The molecule has 0 aliphatic rings. The highest BCUT2D eigenvalue weighted by Crippen LogP contribution is 2.36. The molecule has 0 bridgehead atoms. The normalized spacial score (nSPS) is 11.0. The molecule has 0 atom stereocenters. The van der Waals surface area contributed by atoms with E-state index in [0.717, 1.165) is 39.2 Å². The summed E-state index contributed by atoms with van der Waals surface area (Å²) in [7, 11) is 0. The standard InChI is InChI=1S/C59H41N/c1-4-14-42(15-5-1)44-28-32-46(33-29-44)49-20-10-22-51(36-49)53-24-12-26-55(38-53)57-40-58(48-18-8-3-9-19-48)60-59(41-57)56-27-13-25-54(39-56)52-23-11-21-50(37-52)47-34-30-45(31-35-47)43-16-6-2-7-17-43/h1-41H. The Labute approximate surface area is 352 Å². The molecular formula is C59H41N. The lowest BCUT2D eigenvalue weighted by molar-refractivity contribution is 1.32. The second-order valence-corrected chi connectivity index (χ2v) is 15.2. The molecule has 0 amide bonds. The molecule has 0 unspecified atom stereocenters. The summed E-state index contributed by atoms with van der Waals surface area (Å²) in [6.07, 6.45) is 0. The Balaban J connectivity index is 0.973. The van der Waals surface area contributed by atoms with Crippen LogP contribution in [0.4, 0.5) is 0 Å². The van der Waals surface area contributed by atoms with Crippen LogP contribution in [0.1, 0.15) is 0 Å². The van der Waals surface area contributed by atoms with E-state index < -0.39 is 0 Å². The average Bonchev–Trinajstić information content (AvgIpc) is 3.35. The van der Waals surface area contributed by atoms with Crippen molar-refractivity contribution in [3.63, 3.8) is 0 Å². The van der Waals surface area contributed by atoms with Gasteiger partial charge in [-0.2, -0.15) is 0 Å². The lowest BCUT2D eigenvalue weighted by atomic mass is 9.94. The quantitative estimate of drug-likeness (QED) is 0.143. The molecule has 1 heteroatoms. The first-order valence-corrected chi connectivity index (χ1v) is 20.5. The Morgan fingerprint density at radius 2 is 0.383 bits per heavy atom.